The van der Waals surface area contributed by atoms with Crippen LogP contribution < -0.4 is 25.6 Å². The van der Waals surface area contributed by atoms with E-state index in [4.69, 9.17) is 21.7 Å². The van der Waals surface area contributed by atoms with E-state index in [1.807, 2.05) is 37.2 Å². The first-order valence-electron chi connectivity index (χ1n) is 6.90. The standard InChI is InChI=1S/C14H20N4O3S/c1-18(2)6-5-13(19)16-17-14(22)15-8-10-3-4-11-12(7-10)21-9-20-11/h3-4,7H,5-6,8-9H2,1-2H3,(H,16,19)(H2,15,17,22). The van der Waals surface area contributed by atoms with E-state index in [0.29, 0.717) is 24.6 Å². The molecule has 0 spiro atoms. The van der Waals surface area contributed by atoms with Crippen molar-refractivity contribution in [1.82, 2.24) is 21.1 Å². The van der Waals surface area contributed by atoms with Gasteiger partial charge in [0.1, 0.15) is 0 Å². The van der Waals surface area contributed by atoms with Gasteiger partial charge in [0.15, 0.2) is 16.6 Å². The minimum absolute atomic E-state index is 0.110. The van der Waals surface area contributed by atoms with Crippen LogP contribution in [0.3, 0.4) is 0 Å². The van der Waals surface area contributed by atoms with E-state index in [0.717, 1.165) is 17.1 Å². The third-order valence-electron chi connectivity index (χ3n) is 2.99. The molecule has 22 heavy (non-hydrogen) atoms. The Hall–Kier alpha value is -2.06. The van der Waals surface area contributed by atoms with Crippen LogP contribution in [0, 0.1) is 0 Å². The molecule has 1 aliphatic rings. The van der Waals surface area contributed by atoms with Crippen LogP contribution in [-0.4, -0.2) is 43.4 Å². The van der Waals surface area contributed by atoms with E-state index in [2.05, 4.69) is 16.2 Å². The van der Waals surface area contributed by atoms with Crippen LogP contribution in [-0.2, 0) is 11.3 Å². The lowest BCUT2D eigenvalue weighted by Gasteiger charge is -2.13. The van der Waals surface area contributed by atoms with Crippen molar-refractivity contribution >= 4 is 23.2 Å². The van der Waals surface area contributed by atoms with Crippen molar-refractivity contribution < 1.29 is 14.3 Å². The fourth-order valence-corrected chi connectivity index (χ4v) is 1.91. The molecule has 0 saturated carbocycles. The maximum atomic E-state index is 11.5. The lowest BCUT2D eigenvalue weighted by atomic mass is 10.2. The van der Waals surface area contributed by atoms with Crippen molar-refractivity contribution in [3.05, 3.63) is 23.8 Å². The number of ether oxygens (including phenoxy) is 2. The number of nitrogens with zero attached hydrogens (tertiary/aromatic N) is 1. The number of benzene rings is 1. The number of nitrogens with one attached hydrogen (secondary N) is 3. The van der Waals surface area contributed by atoms with Gasteiger partial charge >= 0.3 is 0 Å². The van der Waals surface area contributed by atoms with Gasteiger partial charge in [-0.3, -0.25) is 15.6 Å². The Morgan fingerprint density at radius 2 is 2.05 bits per heavy atom. The summed E-state index contributed by atoms with van der Waals surface area (Å²) in [4.78, 5) is 13.5. The Morgan fingerprint density at radius 1 is 1.27 bits per heavy atom. The van der Waals surface area contributed by atoms with Crippen LogP contribution in [0.4, 0.5) is 0 Å². The highest BCUT2D eigenvalue weighted by atomic mass is 32.1. The van der Waals surface area contributed by atoms with Crippen LogP contribution >= 0.6 is 12.2 Å². The molecule has 0 fully saturated rings. The Bertz CT molecular complexity index is 551. The highest BCUT2D eigenvalue weighted by Gasteiger charge is 2.13. The van der Waals surface area contributed by atoms with E-state index in [9.17, 15) is 4.79 Å². The summed E-state index contributed by atoms with van der Waals surface area (Å²) in [5, 5.41) is 3.37. The van der Waals surface area contributed by atoms with Crippen molar-refractivity contribution in [3.8, 4) is 11.5 Å². The van der Waals surface area contributed by atoms with E-state index in [-0.39, 0.29) is 12.7 Å². The van der Waals surface area contributed by atoms with Gasteiger partial charge in [-0.2, -0.15) is 0 Å². The Morgan fingerprint density at radius 3 is 2.82 bits per heavy atom. The molecule has 0 radical (unpaired) electrons. The fourth-order valence-electron chi connectivity index (χ4n) is 1.79. The minimum Gasteiger partial charge on any atom is -0.454 e. The first kappa shape index (κ1) is 16.3. The summed E-state index contributed by atoms with van der Waals surface area (Å²) in [6.45, 7) is 1.46. The number of amides is 1. The van der Waals surface area contributed by atoms with Gasteiger partial charge in [0.05, 0.1) is 0 Å². The average Bonchev–Trinajstić information content (AvgIpc) is 2.96. The van der Waals surface area contributed by atoms with Gasteiger partial charge in [-0.05, 0) is 44.0 Å². The van der Waals surface area contributed by atoms with E-state index in [1.54, 1.807) is 0 Å². The molecule has 1 aromatic rings. The topological polar surface area (TPSA) is 74.9 Å². The lowest BCUT2D eigenvalue weighted by molar-refractivity contribution is -0.121. The molecule has 0 unspecified atom stereocenters. The van der Waals surface area contributed by atoms with Gasteiger partial charge in [-0.1, -0.05) is 6.07 Å². The summed E-state index contributed by atoms with van der Waals surface area (Å²) >= 11 is 5.10. The molecule has 7 nitrogen and oxygen atoms in total. The molecule has 1 aromatic carbocycles. The molecule has 1 amide bonds. The van der Waals surface area contributed by atoms with E-state index >= 15 is 0 Å². The summed E-state index contributed by atoms with van der Waals surface area (Å²) in [5.41, 5.74) is 6.23. The van der Waals surface area contributed by atoms with Crippen LogP contribution in [0.25, 0.3) is 0 Å². The van der Waals surface area contributed by atoms with E-state index in [1.165, 1.54) is 0 Å². The second-order valence-electron chi connectivity index (χ2n) is 5.10. The van der Waals surface area contributed by atoms with Crippen molar-refractivity contribution in [2.45, 2.75) is 13.0 Å². The Labute approximate surface area is 134 Å². The van der Waals surface area contributed by atoms with Gasteiger partial charge in [0.25, 0.3) is 0 Å². The quantitative estimate of drug-likeness (QED) is 0.533. The second-order valence-corrected chi connectivity index (χ2v) is 5.50. The predicted octanol–water partition coefficient (Wildman–Crippen LogP) is 0.362. The van der Waals surface area contributed by atoms with Crippen LogP contribution in [0.5, 0.6) is 11.5 Å². The molecule has 1 aliphatic heterocycles. The number of rotatable bonds is 5. The lowest BCUT2D eigenvalue weighted by Crippen LogP contribution is -2.47. The number of hydrogen-bond donors (Lipinski definition) is 3. The third-order valence-corrected chi connectivity index (χ3v) is 3.24. The van der Waals surface area contributed by atoms with Gasteiger partial charge in [0.2, 0.25) is 12.7 Å². The number of thiocarbonyl (C=S) groups is 1. The zero-order valence-electron chi connectivity index (χ0n) is 12.6. The maximum Gasteiger partial charge on any atom is 0.239 e. The molecule has 0 aliphatic carbocycles. The van der Waals surface area contributed by atoms with Crippen molar-refractivity contribution in [3.63, 3.8) is 0 Å². The summed E-state index contributed by atoms with van der Waals surface area (Å²) in [7, 11) is 3.83. The molecule has 0 saturated heterocycles. The number of carbonyl (C=O) groups excluding carboxylic acids is 1. The smallest absolute Gasteiger partial charge is 0.239 e. The number of carbonyl (C=O) groups is 1. The van der Waals surface area contributed by atoms with Crippen LogP contribution in [0.2, 0.25) is 0 Å². The fraction of sp³-hybridized carbons (Fsp3) is 0.429. The predicted molar refractivity (Wildman–Crippen MR) is 86.5 cm³/mol. The monoisotopic (exact) mass is 324 g/mol. The zero-order chi connectivity index (χ0) is 15.9. The minimum atomic E-state index is -0.110. The highest BCUT2D eigenvalue weighted by Crippen LogP contribution is 2.32. The van der Waals surface area contributed by atoms with Crippen LogP contribution in [0.15, 0.2) is 18.2 Å². The average molecular weight is 324 g/mol. The van der Waals surface area contributed by atoms with Crippen molar-refractivity contribution in [1.29, 1.82) is 0 Å². The molecular formula is C14H20N4O3S. The largest absolute Gasteiger partial charge is 0.454 e. The van der Waals surface area contributed by atoms with Crippen molar-refractivity contribution in [2.24, 2.45) is 0 Å². The normalized spacial score (nSPS) is 12.1. The molecule has 1 heterocycles. The second kappa shape index (κ2) is 7.81. The SMILES string of the molecule is CN(C)CCC(=O)NNC(=S)NCc1ccc2c(c1)OCO2. The van der Waals surface area contributed by atoms with Gasteiger partial charge in [-0.15, -0.1) is 0 Å². The van der Waals surface area contributed by atoms with Gasteiger partial charge in [0, 0.05) is 19.5 Å². The summed E-state index contributed by atoms with van der Waals surface area (Å²) in [6, 6.07) is 5.69. The first-order valence-corrected chi connectivity index (χ1v) is 7.31. The molecule has 120 valence electrons. The number of fused-ring (bicyclic) bond motifs is 1. The Balaban J connectivity index is 1.68. The van der Waals surface area contributed by atoms with Crippen LogP contribution in [0.1, 0.15) is 12.0 Å². The van der Waals surface area contributed by atoms with Crippen molar-refractivity contribution in [2.75, 3.05) is 27.4 Å². The maximum absolute atomic E-state index is 11.5. The molecule has 0 atom stereocenters. The Kier molecular flexibility index (Phi) is 5.79. The number of hydrazine groups is 1. The number of hydrogen-bond acceptors (Lipinski definition) is 5. The molecule has 8 heteroatoms. The third kappa shape index (κ3) is 5.05. The molecule has 0 bridgehead atoms. The molecular weight excluding hydrogens is 304 g/mol. The molecule has 0 aromatic heterocycles. The van der Waals surface area contributed by atoms with E-state index < -0.39 is 0 Å². The highest BCUT2D eigenvalue weighted by molar-refractivity contribution is 7.80. The summed E-state index contributed by atoms with van der Waals surface area (Å²) in [5.74, 6) is 1.37. The first-order chi connectivity index (χ1) is 10.5. The summed E-state index contributed by atoms with van der Waals surface area (Å²) in [6.07, 6.45) is 0.408. The molecule has 2 rings (SSSR count). The summed E-state index contributed by atoms with van der Waals surface area (Å²) < 4.78 is 10.6. The van der Waals surface area contributed by atoms with Gasteiger partial charge < -0.3 is 19.7 Å². The molecule has 3 N–H and O–H groups in total. The van der Waals surface area contributed by atoms with Gasteiger partial charge in [-0.25, -0.2) is 0 Å². The zero-order valence-corrected chi connectivity index (χ0v) is 13.5.